The lowest BCUT2D eigenvalue weighted by Gasteiger charge is -2.14. The van der Waals surface area contributed by atoms with E-state index in [1.807, 2.05) is 6.92 Å². The van der Waals surface area contributed by atoms with Crippen LogP contribution in [0.4, 0.5) is 0 Å². The Labute approximate surface area is 78.4 Å². The van der Waals surface area contributed by atoms with Crippen molar-refractivity contribution in [3.8, 4) is 0 Å². The normalized spacial score (nSPS) is 10.1. The third-order valence-electron chi connectivity index (χ3n) is 1.46. The maximum absolute atomic E-state index is 10.5. The molecule has 0 aromatic rings. The summed E-state index contributed by atoms with van der Waals surface area (Å²) in [5.41, 5.74) is 4.99. The van der Waals surface area contributed by atoms with Gasteiger partial charge in [0.05, 0.1) is 13.2 Å². The van der Waals surface area contributed by atoms with Crippen molar-refractivity contribution in [1.82, 2.24) is 4.90 Å². The lowest BCUT2D eigenvalue weighted by Crippen LogP contribution is -2.32. The third kappa shape index (κ3) is 7.27. The summed E-state index contributed by atoms with van der Waals surface area (Å²) in [5, 5.41) is 7.30. The second kappa shape index (κ2) is 6.42. The quantitative estimate of drug-likeness (QED) is 0.446. The number of amides is 1. The van der Waals surface area contributed by atoms with Crippen LogP contribution in [0.2, 0.25) is 0 Å². The first-order valence-electron chi connectivity index (χ1n) is 4.23. The maximum atomic E-state index is 10.5. The van der Waals surface area contributed by atoms with Crippen molar-refractivity contribution in [2.75, 3.05) is 26.7 Å². The molecule has 0 aliphatic carbocycles. The van der Waals surface area contributed by atoms with Crippen LogP contribution in [-0.2, 0) is 9.53 Å². The van der Waals surface area contributed by atoms with Gasteiger partial charge in [0.2, 0.25) is 5.91 Å². The number of nitrogens with two attached hydrogens (primary N) is 1. The highest BCUT2D eigenvalue weighted by atomic mass is 16.5. The average molecular weight is 187 g/mol. The van der Waals surface area contributed by atoms with E-state index in [1.54, 1.807) is 11.9 Å². The van der Waals surface area contributed by atoms with Gasteiger partial charge in [0.15, 0.2) is 5.90 Å². The first kappa shape index (κ1) is 11.9. The monoisotopic (exact) mass is 187 g/mol. The molecular weight excluding hydrogens is 170 g/mol. The summed E-state index contributed by atoms with van der Waals surface area (Å²) >= 11 is 0. The summed E-state index contributed by atoms with van der Waals surface area (Å²) in [5.74, 6) is -0.107. The van der Waals surface area contributed by atoms with Gasteiger partial charge in [-0.25, -0.2) is 0 Å². The second-order valence-corrected chi connectivity index (χ2v) is 2.81. The van der Waals surface area contributed by atoms with Gasteiger partial charge >= 0.3 is 0 Å². The average Bonchev–Trinajstić information content (AvgIpc) is 2.00. The fourth-order valence-corrected chi connectivity index (χ4v) is 0.884. The molecule has 0 rings (SSSR count). The van der Waals surface area contributed by atoms with E-state index in [-0.39, 0.29) is 18.3 Å². The topological polar surface area (TPSA) is 79.4 Å². The van der Waals surface area contributed by atoms with Crippen molar-refractivity contribution >= 4 is 11.8 Å². The predicted molar refractivity (Wildman–Crippen MR) is 50.7 cm³/mol. The molecule has 0 heterocycles. The summed E-state index contributed by atoms with van der Waals surface area (Å²) in [7, 11) is 1.78. The number of carbonyl (C=O) groups excluding carboxylic acids is 1. The second-order valence-electron chi connectivity index (χ2n) is 2.81. The fourth-order valence-electron chi connectivity index (χ4n) is 0.884. The summed E-state index contributed by atoms with van der Waals surface area (Å²) in [6.07, 6.45) is 0.512. The first-order valence-corrected chi connectivity index (χ1v) is 4.23. The van der Waals surface area contributed by atoms with Crippen molar-refractivity contribution in [3.05, 3.63) is 0 Å². The zero-order valence-electron chi connectivity index (χ0n) is 8.17. The van der Waals surface area contributed by atoms with Crippen LogP contribution in [0.5, 0.6) is 0 Å². The van der Waals surface area contributed by atoms with Gasteiger partial charge in [0.1, 0.15) is 0 Å². The number of nitrogens with one attached hydrogen (secondary N) is 1. The minimum atomic E-state index is -0.356. The molecule has 0 radical (unpaired) electrons. The number of primary amides is 1. The molecule has 1 amide bonds. The van der Waals surface area contributed by atoms with Crippen molar-refractivity contribution < 1.29 is 9.53 Å². The van der Waals surface area contributed by atoms with E-state index < -0.39 is 0 Å². The standard InChI is InChI=1S/C8H17N3O2/c1-3-13-8(10)4-5-11(2)6-7(9)12/h10H,3-6H2,1-2H3,(H2,9,12). The van der Waals surface area contributed by atoms with E-state index >= 15 is 0 Å². The van der Waals surface area contributed by atoms with E-state index in [2.05, 4.69) is 0 Å². The molecule has 13 heavy (non-hydrogen) atoms. The molecule has 76 valence electrons. The van der Waals surface area contributed by atoms with Crippen LogP contribution in [0.1, 0.15) is 13.3 Å². The Morgan fingerprint density at radius 3 is 2.69 bits per heavy atom. The molecule has 5 heteroatoms. The third-order valence-corrected chi connectivity index (χ3v) is 1.46. The van der Waals surface area contributed by atoms with E-state index in [0.717, 1.165) is 0 Å². The van der Waals surface area contributed by atoms with E-state index in [9.17, 15) is 4.79 Å². The maximum Gasteiger partial charge on any atom is 0.231 e. The van der Waals surface area contributed by atoms with Crippen LogP contribution < -0.4 is 5.73 Å². The van der Waals surface area contributed by atoms with Gasteiger partial charge in [0, 0.05) is 13.0 Å². The zero-order valence-corrected chi connectivity index (χ0v) is 8.17. The van der Waals surface area contributed by atoms with E-state index in [1.165, 1.54) is 0 Å². The van der Waals surface area contributed by atoms with E-state index in [0.29, 0.717) is 19.6 Å². The van der Waals surface area contributed by atoms with Crippen LogP contribution in [0, 0.1) is 5.41 Å². The highest BCUT2D eigenvalue weighted by molar-refractivity contribution is 5.76. The van der Waals surface area contributed by atoms with Crippen molar-refractivity contribution in [3.63, 3.8) is 0 Å². The number of carbonyl (C=O) groups is 1. The van der Waals surface area contributed by atoms with Crippen LogP contribution in [0.15, 0.2) is 0 Å². The number of hydrogen-bond acceptors (Lipinski definition) is 4. The lowest BCUT2D eigenvalue weighted by molar-refractivity contribution is -0.118. The molecule has 0 saturated carbocycles. The Morgan fingerprint density at radius 1 is 1.62 bits per heavy atom. The molecule has 0 aromatic heterocycles. The van der Waals surface area contributed by atoms with Gasteiger partial charge < -0.3 is 10.5 Å². The van der Waals surface area contributed by atoms with Gasteiger partial charge in [-0.1, -0.05) is 0 Å². The Kier molecular flexibility index (Phi) is 5.88. The number of nitrogens with zero attached hydrogens (tertiary/aromatic N) is 1. The molecule has 0 saturated heterocycles. The minimum Gasteiger partial charge on any atom is -0.481 e. The van der Waals surface area contributed by atoms with Crippen molar-refractivity contribution in [1.29, 1.82) is 5.41 Å². The van der Waals surface area contributed by atoms with Crippen LogP contribution >= 0.6 is 0 Å². The zero-order chi connectivity index (χ0) is 10.3. The van der Waals surface area contributed by atoms with E-state index in [4.69, 9.17) is 15.9 Å². The summed E-state index contributed by atoms with van der Waals surface area (Å²) in [6.45, 7) is 3.18. The fraction of sp³-hybridized carbons (Fsp3) is 0.750. The highest BCUT2D eigenvalue weighted by Gasteiger charge is 2.04. The van der Waals surface area contributed by atoms with Crippen LogP contribution in [0.3, 0.4) is 0 Å². The Morgan fingerprint density at radius 2 is 2.23 bits per heavy atom. The summed E-state index contributed by atoms with van der Waals surface area (Å²) < 4.78 is 4.94. The molecule has 0 atom stereocenters. The molecule has 0 fully saturated rings. The van der Waals surface area contributed by atoms with Gasteiger partial charge in [-0.3, -0.25) is 15.1 Å². The van der Waals surface area contributed by atoms with Crippen molar-refractivity contribution in [2.24, 2.45) is 5.73 Å². The molecular formula is C8H17N3O2. The van der Waals surface area contributed by atoms with Crippen molar-refractivity contribution in [2.45, 2.75) is 13.3 Å². The molecule has 0 spiro atoms. The molecule has 0 aliphatic rings. The van der Waals surface area contributed by atoms with Gasteiger partial charge in [-0.15, -0.1) is 0 Å². The number of ether oxygens (including phenoxy) is 1. The molecule has 3 N–H and O–H groups in total. The largest absolute Gasteiger partial charge is 0.481 e. The minimum absolute atomic E-state index is 0.222. The Bertz CT molecular complexity index is 182. The number of rotatable bonds is 6. The number of hydrogen-bond donors (Lipinski definition) is 2. The predicted octanol–water partition coefficient (Wildman–Crippen LogP) is -0.193. The lowest BCUT2D eigenvalue weighted by atomic mass is 10.4. The first-order chi connectivity index (χ1) is 6.06. The summed E-state index contributed by atoms with van der Waals surface area (Å²) in [4.78, 5) is 12.2. The molecule has 0 aliphatic heterocycles. The van der Waals surface area contributed by atoms with Crippen LogP contribution in [-0.4, -0.2) is 43.4 Å². The number of likely N-dealkylation sites (N-methyl/N-ethyl adjacent to an activating group) is 1. The summed E-state index contributed by atoms with van der Waals surface area (Å²) in [6, 6.07) is 0. The highest BCUT2D eigenvalue weighted by Crippen LogP contribution is 1.90. The van der Waals surface area contributed by atoms with Crippen LogP contribution in [0.25, 0.3) is 0 Å². The molecule has 0 unspecified atom stereocenters. The Balaban J connectivity index is 3.51. The Hall–Kier alpha value is -1.10. The van der Waals surface area contributed by atoms with Gasteiger partial charge in [-0.05, 0) is 14.0 Å². The molecule has 0 aromatic carbocycles. The van der Waals surface area contributed by atoms with Gasteiger partial charge in [0.25, 0.3) is 0 Å². The smallest absolute Gasteiger partial charge is 0.231 e. The SMILES string of the molecule is CCOC(=N)CCN(C)CC(N)=O. The van der Waals surface area contributed by atoms with Gasteiger partial charge in [-0.2, -0.15) is 0 Å². The molecule has 5 nitrogen and oxygen atoms in total. The molecule has 0 bridgehead atoms.